The summed E-state index contributed by atoms with van der Waals surface area (Å²) in [5, 5.41) is 14.2. The molecule has 1 amide bonds. The molecule has 0 bridgehead atoms. The van der Waals surface area contributed by atoms with Gasteiger partial charge in [0.05, 0.1) is 12.1 Å². The van der Waals surface area contributed by atoms with Gasteiger partial charge in [0.15, 0.2) is 0 Å². The van der Waals surface area contributed by atoms with Crippen LogP contribution in [0.25, 0.3) is 0 Å². The van der Waals surface area contributed by atoms with E-state index >= 15 is 0 Å². The summed E-state index contributed by atoms with van der Waals surface area (Å²) in [6, 6.07) is 15.9. The van der Waals surface area contributed by atoms with Crippen molar-refractivity contribution in [1.29, 1.82) is 0 Å². The van der Waals surface area contributed by atoms with E-state index in [1.807, 2.05) is 30.3 Å². The van der Waals surface area contributed by atoms with Crippen LogP contribution in [-0.4, -0.2) is 34.6 Å². The van der Waals surface area contributed by atoms with Crippen molar-refractivity contribution in [3.63, 3.8) is 0 Å². The number of piperidine rings is 1. The maximum atomic E-state index is 13.5. The van der Waals surface area contributed by atoms with Crippen molar-refractivity contribution < 1.29 is 14.3 Å². The predicted octanol–water partition coefficient (Wildman–Crippen LogP) is 4.13. The normalized spacial score (nSPS) is 27.8. The van der Waals surface area contributed by atoms with E-state index < -0.39 is 5.60 Å². The first-order valence-corrected chi connectivity index (χ1v) is 10.1. The van der Waals surface area contributed by atoms with E-state index in [0.29, 0.717) is 13.0 Å². The number of halogens is 1. The Morgan fingerprint density at radius 3 is 2.61 bits per heavy atom. The van der Waals surface area contributed by atoms with E-state index in [4.69, 9.17) is 0 Å². The molecule has 1 aliphatic carbocycles. The molecule has 0 unspecified atom stereocenters. The highest BCUT2D eigenvalue weighted by molar-refractivity contribution is 5.92. The summed E-state index contributed by atoms with van der Waals surface area (Å²) in [6.07, 6.45) is 4.52. The molecule has 0 spiro atoms. The quantitative estimate of drug-likeness (QED) is 0.836. The molecule has 2 N–H and O–H groups in total. The van der Waals surface area contributed by atoms with Crippen LogP contribution in [0.5, 0.6) is 0 Å². The van der Waals surface area contributed by atoms with Crippen molar-refractivity contribution in [1.82, 2.24) is 4.90 Å². The van der Waals surface area contributed by atoms with Crippen LogP contribution in [0.4, 0.5) is 10.1 Å². The predicted molar refractivity (Wildman–Crippen MR) is 107 cm³/mol. The van der Waals surface area contributed by atoms with Gasteiger partial charge < -0.3 is 10.4 Å². The number of para-hydroxylation sites is 1. The Kier molecular flexibility index (Phi) is 5.47. The number of carbonyl (C=O) groups excluding carboxylic acids is 1. The molecule has 1 heterocycles. The van der Waals surface area contributed by atoms with Gasteiger partial charge in [-0.25, -0.2) is 4.39 Å². The third kappa shape index (κ3) is 3.96. The smallest absolute Gasteiger partial charge is 0.238 e. The maximum absolute atomic E-state index is 13.5. The van der Waals surface area contributed by atoms with Crippen LogP contribution in [0, 0.1) is 11.7 Å². The Balaban J connectivity index is 1.57. The lowest BCUT2D eigenvalue weighted by molar-refractivity contribution is -0.135. The van der Waals surface area contributed by atoms with E-state index in [2.05, 4.69) is 10.2 Å². The van der Waals surface area contributed by atoms with Crippen LogP contribution >= 0.6 is 0 Å². The van der Waals surface area contributed by atoms with E-state index in [1.54, 1.807) is 12.1 Å². The number of aliphatic hydroxyl groups is 1. The monoisotopic (exact) mass is 382 g/mol. The highest BCUT2D eigenvalue weighted by Crippen LogP contribution is 2.49. The Morgan fingerprint density at radius 2 is 1.86 bits per heavy atom. The minimum absolute atomic E-state index is 0.0602. The van der Waals surface area contributed by atoms with Gasteiger partial charge in [-0.15, -0.1) is 0 Å². The molecule has 1 saturated heterocycles. The molecule has 0 radical (unpaired) electrons. The van der Waals surface area contributed by atoms with Crippen LogP contribution in [-0.2, 0) is 4.79 Å². The van der Waals surface area contributed by atoms with Crippen LogP contribution in [0.2, 0.25) is 0 Å². The number of nitrogens with zero attached hydrogens (tertiary/aromatic N) is 1. The first kappa shape index (κ1) is 19.1. The lowest BCUT2D eigenvalue weighted by atomic mass is 9.66. The van der Waals surface area contributed by atoms with E-state index in [9.17, 15) is 14.3 Å². The molecule has 0 aromatic heterocycles. The van der Waals surface area contributed by atoms with E-state index in [-0.39, 0.29) is 30.2 Å². The van der Waals surface area contributed by atoms with Gasteiger partial charge in [-0.3, -0.25) is 9.69 Å². The summed E-state index contributed by atoms with van der Waals surface area (Å²) in [7, 11) is 0. The second-order valence-corrected chi connectivity index (χ2v) is 8.09. The number of likely N-dealkylation sites (tertiary alicyclic amines) is 1. The largest absolute Gasteiger partial charge is 0.389 e. The molecule has 28 heavy (non-hydrogen) atoms. The molecular weight excluding hydrogens is 355 g/mol. The number of anilines is 1. The van der Waals surface area contributed by atoms with Crippen molar-refractivity contribution in [3.8, 4) is 0 Å². The van der Waals surface area contributed by atoms with Crippen LogP contribution < -0.4 is 5.32 Å². The SMILES string of the molecule is O=C(CN1CC[C@@]2(O)CCCC[C@@H]2[C@@H]1c1ccc(F)cc1)Nc1ccccc1. The molecular formula is C23H27FN2O2. The summed E-state index contributed by atoms with van der Waals surface area (Å²) < 4.78 is 13.5. The second kappa shape index (κ2) is 8.02. The van der Waals surface area contributed by atoms with Gasteiger partial charge in [-0.1, -0.05) is 43.2 Å². The van der Waals surface area contributed by atoms with E-state index in [1.165, 1.54) is 12.1 Å². The third-order valence-corrected chi connectivity index (χ3v) is 6.29. The van der Waals surface area contributed by atoms with Crippen molar-refractivity contribution in [3.05, 3.63) is 66.0 Å². The Morgan fingerprint density at radius 1 is 1.11 bits per heavy atom. The highest BCUT2D eigenvalue weighted by atomic mass is 19.1. The Hall–Kier alpha value is -2.24. The zero-order valence-corrected chi connectivity index (χ0v) is 16.0. The fraction of sp³-hybridized carbons (Fsp3) is 0.435. The molecule has 2 aromatic carbocycles. The Labute approximate surface area is 165 Å². The second-order valence-electron chi connectivity index (χ2n) is 8.09. The maximum Gasteiger partial charge on any atom is 0.238 e. The summed E-state index contributed by atoms with van der Waals surface area (Å²) in [5.74, 6) is -0.281. The lowest BCUT2D eigenvalue weighted by Crippen LogP contribution is -2.56. The van der Waals surface area contributed by atoms with E-state index in [0.717, 1.165) is 36.9 Å². The number of amides is 1. The van der Waals surface area contributed by atoms with Gasteiger partial charge in [0.1, 0.15) is 5.82 Å². The number of hydrogen-bond acceptors (Lipinski definition) is 3. The van der Waals surface area contributed by atoms with Crippen molar-refractivity contribution >= 4 is 11.6 Å². The van der Waals surface area contributed by atoms with Crippen molar-refractivity contribution in [2.24, 2.45) is 5.92 Å². The molecule has 4 rings (SSSR count). The molecule has 148 valence electrons. The summed E-state index contributed by atoms with van der Waals surface area (Å²) >= 11 is 0. The third-order valence-electron chi connectivity index (χ3n) is 6.29. The molecule has 2 aliphatic rings. The molecule has 4 nitrogen and oxygen atoms in total. The molecule has 2 aromatic rings. The summed E-state index contributed by atoms with van der Waals surface area (Å²) in [6.45, 7) is 0.904. The molecule has 3 atom stereocenters. The minimum Gasteiger partial charge on any atom is -0.389 e. The lowest BCUT2D eigenvalue weighted by Gasteiger charge is -2.52. The van der Waals surface area contributed by atoms with Gasteiger partial charge >= 0.3 is 0 Å². The number of benzene rings is 2. The molecule has 2 fully saturated rings. The highest BCUT2D eigenvalue weighted by Gasteiger charge is 2.49. The average molecular weight is 382 g/mol. The standard InChI is InChI=1S/C23H27FN2O2/c24-18-11-9-17(10-12-18)22-20-8-4-5-13-23(20,28)14-15-26(22)16-21(27)25-19-6-2-1-3-7-19/h1-3,6-7,9-12,20,22,28H,4-5,8,13-16H2,(H,25,27)/t20-,22+,23+/m1/s1. The van der Waals surface area contributed by atoms with Crippen LogP contribution in [0.3, 0.4) is 0 Å². The number of carbonyl (C=O) groups is 1. The number of fused-ring (bicyclic) bond motifs is 1. The Bertz CT molecular complexity index is 811. The zero-order chi connectivity index (χ0) is 19.6. The number of hydrogen-bond donors (Lipinski definition) is 2. The number of nitrogens with one attached hydrogen (secondary N) is 1. The first-order valence-electron chi connectivity index (χ1n) is 10.1. The van der Waals surface area contributed by atoms with Gasteiger partial charge in [0.2, 0.25) is 5.91 Å². The number of rotatable bonds is 4. The molecule has 5 heteroatoms. The topological polar surface area (TPSA) is 52.6 Å². The van der Waals surface area contributed by atoms with Crippen LogP contribution in [0.1, 0.15) is 43.7 Å². The summed E-state index contributed by atoms with van der Waals surface area (Å²) in [5.41, 5.74) is 1.06. The fourth-order valence-electron chi connectivity index (χ4n) is 4.93. The first-order chi connectivity index (χ1) is 13.5. The van der Waals surface area contributed by atoms with Crippen molar-refractivity contribution in [2.45, 2.75) is 43.7 Å². The van der Waals surface area contributed by atoms with Crippen LogP contribution in [0.15, 0.2) is 54.6 Å². The van der Waals surface area contributed by atoms with Crippen molar-refractivity contribution in [2.75, 3.05) is 18.4 Å². The van der Waals surface area contributed by atoms with Gasteiger partial charge in [0, 0.05) is 24.2 Å². The summed E-state index contributed by atoms with van der Waals surface area (Å²) in [4.78, 5) is 14.8. The molecule has 1 aliphatic heterocycles. The minimum atomic E-state index is -0.691. The van der Waals surface area contributed by atoms with Gasteiger partial charge in [0.25, 0.3) is 0 Å². The molecule has 1 saturated carbocycles. The van der Waals surface area contributed by atoms with Gasteiger partial charge in [-0.2, -0.15) is 0 Å². The average Bonchev–Trinajstić information content (AvgIpc) is 2.69. The fourth-order valence-corrected chi connectivity index (χ4v) is 4.93. The van der Waals surface area contributed by atoms with Gasteiger partial charge in [-0.05, 0) is 49.1 Å². The zero-order valence-electron chi connectivity index (χ0n) is 16.0.